The summed E-state index contributed by atoms with van der Waals surface area (Å²) >= 11 is 1.53. The van der Waals surface area contributed by atoms with E-state index in [4.69, 9.17) is 9.15 Å². The molecular weight excluding hydrogens is 286 g/mol. The average molecular weight is 299 g/mol. The maximum absolute atomic E-state index is 11.8. The van der Waals surface area contributed by atoms with E-state index in [1.54, 1.807) is 19.1 Å². The molecule has 21 heavy (non-hydrogen) atoms. The van der Waals surface area contributed by atoms with Crippen LogP contribution in [-0.4, -0.2) is 11.0 Å². The zero-order valence-electron chi connectivity index (χ0n) is 11.4. The van der Waals surface area contributed by atoms with Crippen molar-refractivity contribution in [1.82, 2.24) is 4.98 Å². The summed E-state index contributed by atoms with van der Waals surface area (Å²) in [5.41, 5.74) is 1.79. The van der Waals surface area contributed by atoms with Gasteiger partial charge in [-0.05, 0) is 19.1 Å². The molecule has 0 aliphatic carbocycles. The van der Waals surface area contributed by atoms with E-state index in [1.165, 1.54) is 11.3 Å². The summed E-state index contributed by atoms with van der Waals surface area (Å²) < 4.78 is 10.4. The van der Waals surface area contributed by atoms with Crippen LogP contribution in [0.5, 0.6) is 0 Å². The number of hydrogen-bond acceptors (Lipinski definition) is 5. The SMILES string of the molecule is Cc1ccc(C(=O)OCc2csc(-c3ccccc3)n2)o1. The Morgan fingerprint density at radius 2 is 2.05 bits per heavy atom. The molecule has 0 atom stereocenters. The molecule has 2 aromatic heterocycles. The predicted octanol–water partition coefficient (Wildman–Crippen LogP) is 4.07. The maximum atomic E-state index is 11.8. The number of nitrogens with zero attached hydrogens (tertiary/aromatic N) is 1. The van der Waals surface area contributed by atoms with E-state index < -0.39 is 5.97 Å². The second kappa shape index (κ2) is 5.93. The number of esters is 1. The van der Waals surface area contributed by atoms with Gasteiger partial charge in [0.15, 0.2) is 0 Å². The minimum atomic E-state index is -0.475. The Hall–Kier alpha value is -2.40. The molecule has 5 heteroatoms. The van der Waals surface area contributed by atoms with Crippen LogP contribution in [-0.2, 0) is 11.3 Å². The van der Waals surface area contributed by atoms with Crippen molar-refractivity contribution < 1.29 is 13.9 Å². The van der Waals surface area contributed by atoms with E-state index in [9.17, 15) is 4.79 Å². The lowest BCUT2D eigenvalue weighted by atomic mass is 10.2. The average Bonchev–Trinajstić information content (AvgIpc) is 3.15. The number of aromatic nitrogens is 1. The zero-order chi connectivity index (χ0) is 14.7. The molecule has 0 spiro atoms. The molecule has 0 saturated heterocycles. The van der Waals surface area contributed by atoms with Gasteiger partial charge in [-0.1, -0.05) is 30.3 Å². The summed E-state index contributed by atoms with van der Waals surface area (Å²) in [4.78, 5) is 16.2. The van der Waals surface area contributed by atoms with Crippen molar-refractivity contribution in [2.75, 3.05) is 0 Å². The molecule has 1 aromatic carbocycles. The number of hydrogen-bond donors (Lipinski definition) is 0. The number of carbonyl (C=O) groups is 1. The fraction of sp³-hybridized carbons (Fsp3) is 0.125. The summed E-state index contributed by atoms with van der Waals surface area (Å²) in [5, 5.41) is 2.80. The number of ether oxygens (including phenoxy) is 1. The Kier molecular flexibility index (Phi) is 3.83. The van der Waals surface area contributed by atoms with Crippen LogP contribution < -0.4 is 0 Å². The smallest absolute Gasteiger partial charge is 0.374 e. The third kappa shape index (κ3) is 3.20. The van der Waals surface area contributed by atoms with Crippen molar-refractivity contribution in [2.24, 2.45) is 0 Å². The number of carbonyl (C=O) groups excluding carboxylic acids is 1. The van der Waals surface area contributed by atoms with Gasteiger partial charge >= 0.3 is 5.97 Å². The van der Waals surface area contributed by atoms with Crippen LogP contribution in [0.4, 0.5) is 0 Å². The van der Waals surface area contributed by atoms with Crippen LogP contribution >= 0.6 is 11.3 Å². The predicted molar refractivity (Wildman–Crippen MR) is 80.1 cm³/mol. The van der Waals surface area contributed by atoms with E-state index in [-0.39, 0.29) is 12.4 Å². The highest BCUT2D eigenvalue weighted by atomic mass is 32.1. The molecule has 0 fully saturated rings. The summed E-state index contributed by atoms with van der Waals surface area (Å²) in [6.07, 6.45) is 0. The molecule has 3 rings (SSSR count). The molecule has 0 amide bonds. The van der Waals surface area contributed by atoms with E-state index >= 15 is 0 Å². The van der Waals surface area contributed by atoms with E-state index in [0.29, 0.717) is 5.76 Å². The number of aryl methyl sites for hydroxylation is 1. The molecule has 2 heterocycles. The maximum Gasteiger partial charge on any atom is 0.374 e. The molecule has 0 aliphatic rings. The van der Waals surface area contributed by atoms with Crippen LogP contribution in [0, 0.1) is 6.92 Å². The fourth-order valence-corrected chi connectivity index (χ4v) is 2.65. The molecule has 0 aliphatic heterocycles. The lowest BCUT2D eigenvalue weighted by Gasteiger charge is -1.99. The first kappa shape index (κ1) is 13.6. The van der Waals surface area contributed by atoms with Crippen LogP contribution in [0.25, 0.3) is 10.6 Å². The van der Waals surface area contributed by atoms with Gasteiger partial charge in [-0.25, -0.2) is 9.78 Å². The summed E-state index contributed by atoms with van der Waals surface area (Å²) in [5.74, 6) is 0.422. The Balaban J connectivity index is 1.64. The minimum Gasteiger partial charge on any atom is -0.454 e. The summed E-state index contributed by atoms with van der Waals surface area (Å²) in [6.45, 7) is 1.92. The van der Waals surface area contributed by atoms with Gasteiger partial charge < -0.3 is 9.15 Å². The number of furan rings is 1. The Morgan fingerprint density at radius 3 is 2.76 bits per heavy atom. The van der Waals surface area contributed by atoms with Crippen molar-refractivity contribution in [1.29, 1.82) is 0 Å². The standard InChI is InChI=1S/C16H13NO3S/c1-11-7-8-14(20-11)16(18)19-9-13-10-21-15(17-13)12-5-3-2-4-6-12/h2-8,10H,9H2,1H3. The highest BCUT2D eigenvalue weighted by Gasteiger charge is 2.13. The number of rotatable bonds is 4. The quantitative estimate of drug-likeness (QED) is 0.681. The van der Waals surface area contributed by atoms with Gasteiger partial charge in [0.05, 0.1) is 5.69 Å². The molecule has 0 N–H and O–H groups in total. The van der Waals surface area contributed by atoms with Gasteiger partial charge in [0.1, 0.15) is 17.4 Å². The Labute approximate surface area is 126 Å². The van der Waals surface area contributed by atoms with Gasteiger partial charge in [-0.2, -0.15) is 0 Å². The van der Waals surface area contributed by atoms with Crippen LogP contribution in [0.1, 0.15) is 22.0 Å². The highest BCUT2D eigenvalue weighted by Crippen LogP contribution is 2.23. The van der Waals surface area contributed by atoms with Crippen molar-refractivity contribution in [2.45, 2.75) is 13.5 Å². The van der Waals surface area contributed by atoms with Crippen LogP contribution in [0.15, 0.2) is 52.3 Å². The third-order valence-corrected chi connectivity index (χ3v) is 3.81. The van der Waals surface area contributed by atoms with Crippen LogP contribution in [0.3, 0.4) is 0 Å². The summed E-state index contributed by atoms with van der Waals surface area (Å²) in [6, 6.07) is 13.2. The first-order valence-corrected chi connectivity index (χ1v) is 7.34. The van der Waals surface area contributed by atoms with Gasteiger partial charge in [-0.3, -0.25) is 0 Å². The van der Waals surface area contributed by atoms with Gasteiger partial charge in [-0.15, -0.1) is 11.3 Å². The number of thiazole rings is 1. The zero-order valence-corrected chi connectivity index (χ0v) is 12.2. The Morgan fingerprint density at radius 1 is 1.24 bits per heavy atom. The molecule has 0 bridgehead atoms. The van der Waals surface area contributed by atoms with E-state index in [2.05, 4.69) is 4.98 Å². The molecule has 0 unspecified atom stereocenters. The highest BCUT2D eigenvalue weighted by molar-refractivity contribution is 7.13. The normalized spacial score (nSPS) is 10.5. The lowest BCUT2D eigenvalue weighted by Crippen LogP contribution is -2.04. The third-order valence-electron chi connectivity index (χ3n) is 2.87. The lowest BCUT2D eigenvalue weighted by molar-refractivity contribution is 0.0430. The van der Waals surface area contributed by atoms with Crippen molar-refractivity contribution in [3.63, 3.8) is 0 Å². The monoisotopic (exact) mass is 299 g/mol. The first-order chi connectivity index (χ1) is 10.2. The fourth-order valence-electron chi connectivity index (χ4n) is 1.84. The second-order valence-electron chi connectivity index (χ2n) is 4.50. The van der Waals surface area contributed by atoms with Gasteiger partial charge in [0, 0.05) is 10.9 Å². The molecule has 0 radical (unpaired) electrons. The van der Waals surface area contributed by atoms with E-state index in [0.717, 1.165) is 16.3 Å². The molecule has 4 nitrogen and oxygen atoms in total. The molecule has 0 saturated carbocycles. The second-order valence-corrected chi connectivity index (χ2v) is 5.35. The summed E-state index contributed by atoms with van der Waals surface area (Å²) in [7, 11) is 0. The van der Waals surface area contributed by atoms with Crippen LogP contribution in [0.2, 0.25) is 0 Å². The number of benzene rings is 1. The topological polar surface area (TPSA) is 52.3 Å². The van der Waals surface area contributed by atoms with Crippen molar-refractivity contribution >= 4 is 17.3 Å². The molecule has 3 aromatic rings. The van der Waals surface area contributed by atoms with Gasteiger partial charge in [0.25, 0.3) is 0 Å². The Bertz CT molecular complexity index is 746. The molecular formula is C16H13NO3S. The molecule has 106 valence electrons. The van der Waals surface area contributed by atoms with Crippen molar-refractivity contribution in [3.05, 3.63) is 65.1 Å². The first-order valence-electron chi connectivity index (χ1n) is 6.46. The van der Waals surface area contributed by atoms with Gasteiger partial charge in [0.2, 0.25) is 5.76 Å². The minimum absolute atomic E-state index is 0.141. The van der Waals surface area contributed by atoms with E-state index in [1.807, 2.05) is 35.7 Å². The largest absolute Gasteiger partial charge is 0.454 e. The van der Waals surface area contributed by atoms with Crippen molar-refractivity contribution in [3.8, 4) is 10.6 Å².